The smallest absolute Gasteiger partial charge is 0.322 e. The summed E-state index contributed by atoms with van der Waals surface area (Å²) in [5.74, 6) is 1.53. The number of methoxy groups -OCH3 is 3. The van der Waals surface area contributed by atoms with Crippen LogP contribution in [0.4, 0.5) is 26.5 Å². The molecule has 3 aromatic rings. The Hall–Kier alpha value is -4.08. The van der Waals surface area contributed by atoms with E-state index in [9.17, 15) is 9.18 Å². The first kappa shape index (κ1) is 22.1. The number of carbonyl (C=O) groups excluding carboxylic acids is 1. The number of hydrogen-bond donors (Lipinski definition) is 2. The van der Waals surface area contributed by atoms with E-state index in [4.69, 9.17) is 14.2 Å². The maximum absolute atomic E-state index is 13.4. The average Bonchev–Trinajstić information content (AvgIpc) is 2.83. The lowest BCUT2D eigenvalue weighted by atomic mass is 10.1. The molecular formula is C23H24FN5O4. The third-order valence-electron chi connectivity index (χ3n) is 5.22. The molecule has 0 bridgehead atoms. The minimum atomic E-state index is -0.405. The summed E-state index contributed by atoms with van der Waals surface area (Å²) in [5.41, 5.74) is 2.80. The fourth-order valence-electron chi connectivity index (χ4n) is 3.60. The van der Waals surface area contributed by atoms with Crippen molar-refractivity contribution in [3.05, 3.63) is 59.7 Å². The van der Waals surface area contributed by atoms with Gasteiger partial charge in [-0.3, -0.25) is 0 Å². The van der Waals surface area contributed by atoms with E-state index >= 15 is 0 Å². The highest BCUT2D eigenvalue weighted by atomic mass is 19.1. The molecule has 172 valence electrons. The number of hydrogen-bond acceptors (Lipinski definition) is 7. The molecule has 0 radical (unpaired) electrons. The van der Waals surface area contributed by atoms with Crippen LogP contribution >= 0.6 is 0 Å². The van der Waals surface area contributed by atoms with Gasteiger partial charge in [0.1, 0.15) is 5.82 Å². The van der Waals surface area contributed by atoms with Gasteiger partial charge in [0.25, 0.3) is 0 Å². The summed E-state index contributed by atoms with van der Waals surface area (Å²) in [6.07, 6.45) is 2.27. The number of aromatic nitrogens is 2. The number of halogens is 1. The molecule has 1 aromatic heterocycles. The van der Waals surface area contributed by atoms with E-state index in [1.165, 1.54) is 12.1 Å². The van der Waals surface area contributed by atoms with Crippen LogP contribution < -0.4 is 24.8 Å². The number of fused-ring (bicyclic) bond motifs is 1. The minimum Gasteiger partial charge on any atom is -0.493 e. The zero-order valence-corrected chi connectivity index (χ0v) is 18.5. The Balaban J connectivity index is 1.47. The first-order valence-corrected chi connectivity index (χ1v) is 10.2. The van der Waals surface area contributed by atoms with Gasteiger partial charge in [-0.25, -0.2) is 19.2 Å². The number of nitrogens with one attached hydrogen (secondary N) is 2. The van der Waals surface area contributed by atoms with Crippen LogP contribution in [0.5, 0.6) is 17.2 Å². The third kappa shape index (κ3) is 4.89. The van der Waals surface area contributed by atoms with E-state index < -0.39 is 5.82 Å². The van der Waals surface area contributed by atoms with E-state index in [1.54, 1.807) is 56.7 Å². The summed E-state index contributed by atoms with van der Waals surface area (Å²) >= 11 is 0. The Morgan fingerprint density at radius 2 is 1.82 bits per heavy atom. The van der Waals surface area contributed by atoms with Gasteiger partial charge in [0, 0.05) is 48.2 Å². The van der Waals surface area contributed by atoms with E-state index in [0.29, 0.717) is 54.1 Å². The van der Waals surface area contributed by atoms with Crippen molar-refractivity contribution in [2.75, 3.05) is 38.5 Å². The van der Waals surface area contributed by atoms with Crippen molar-refractivity contribution in [2.45, 2.75) is 13.0 Å². The normalized spacial score (nSPS) is 12.5. The monoisotopic (exact) mass is 453 g/mol. The standard InChI is InChI=1S/C23H24FN5O4/c1-31-19-10-17(11-20(32-2)21(19)33-3)26-22-25-12-14-13-29(8-7-18(14)28-22)23(30)27-16-6-4-5-15(24)9-16/h4-6,9-12H,7-8,13H2,1-3H3,(H,27,30)(H,25,26,28). The molecule has 10 heteroatoms. The molecule has 2 aromatic carbocycles. The largest absolute Gasteiger partial charge is 0.493 e. The van der Waals surface area contributed by atoms with Crippen LogP contribution in [0.25, 0.3) is 0 Å². The van der Waals surface area contributed by atoms with Crippen LogP contribution in [0, 0.1) is 5.82 Å². The zero-order chi connectivity index (χ0) is 23.4. The summed E-state index contributed by atoms with van der Waals surface area (Å²) < 4.78 is 29.5. The number of benzene rings is 2. The quantitative estimate of drug-likeness (QED) is 0.583. The summed E-state index contributed by atoms with van der Waals surface area (Å²) in [5, 5.41) is 5.88. The van der Waals surface area contributed by atoms with Crippen LogP contribution in [0.1, 0.15) is 11.3 Å². The lowest BCUT2D eigenvalue weighted by Gasteiger charge is -2.28. The van der Waals surface area contributed by atoms with Gasteiger partial charge >= 0.3 is 6.03 Å². The van der Waals surface area contributed by atoms with Gasteiger partial charge in [-0.15, -0.1) is 0 Å². The predicted molar refractivity (Wildman–Crippen MR) is 121 cm³/mol. The highest BCUT2D eigenvalue weighted by Crippen LogP contribution is 2.40. The molecule has 0 saturated heterocycles. The van der Waals surface area contributed by atoms with Crippen molar-refractivity contribution < 1.29 is 23.4 Å². The van der Waals surface area contributed by atoms with Gasteiger partial charge in [-0.1, -0.05) is 6.07 Å². The summed E-state index contributed by atoms with van der Waals surface area (Å²) in [6.45, 7) is 0.843. The van der Waals surface area contributed by atoms with Crippen molar-refractivity contribution in [1.29, 1.82) is 0 Å². The van der Waals surface area contributed by atoms with Crippen molar-refractivity contribution in [3.63, 3.8) is 0 Å². The number of anilines is 3. The number of amides is 2. The topological polar surface area (TPSA) is 97.8 Å². The van der Waals surface area contributed by atoms with Gasteiger partial charge in [-0.2, -0.15) is 0 Å². The Bertz CT molecular complexity index is 1150. The lowest BCUT2D eigenvalue weighted by Crippen LogP contribution is -2.39. The molecule has 0 fully saturated rings. The Kier molecular flexibility index (Phi) is 6.43. The van der Waals surface area contributed by atoms with Gasteiger partial charge in [0.05, 0.1) is 33.6 Å². The van der Waals surface area contributed by atoms with Crippen LogP contribution in [0.15, 0.2) is 42.6 Å². The fraction of sp³-hybridized carbons (Fsp3) is 0.261. The Morgan fingerprint density at radius 1 is 1.06 bits per heavy atom. The van der Waals surface area contributed by atoms with Crippen molar-refractivity contribution in [1.82, 2.24) is 14.9 Å². The molecule has 2 amide bonds. The summed E-state index contributed by atoms with van der Waals surface area (Å²) in [4.78, 5) is 23.2. The van der Waals surface area contributed by atoms with E-state index in [-0.39, 0.29) is 6.03 Å². The third-order valence-corrected chi connectivity index (χ3v) is 5.22. The summed E-state index contributed by atoms with van der Waals surface area (Å²) in [6, 6.07) is 9.03. The zero-order valence-electron chi connectivity index (χ0n) is 18.5. The number of nitrogens with zero attached hydrogens (tertiary/aromatic N) is 3. The average molecular weight is 453 g/mol. The van der Waals surface area contributed by atoms with Crippen molar-refractivity contribution >= 4 is 23.4 Å². The number of urea groups is 1. The maximum Gasteiger partial charge on any atom is 0.322 e. The van der Waals surface area contributed by atoms with Crippen molar-refractivity contribution in [3.8, 4) is 17.2 Å². The molecule has 0 atom stereocenters. The molecular weight excluding hydrogens is 429 g/mol. The molecule has 9 nitrogen and oxygen atoms in total. The van der Waals surface area contributed by atoms with Crippen LogP contribution in [-0.4, -0.2) is 48.8 Å². The molecule has 0 aliphatic carbocycles. The summed E-state index contributed by atoms with van der Waals surface area (Å²) in [7, 11) is 4.64. The van der Waals surface area contributed by atoms with Gasteiger partial charge in [-0.05, 0) is 18.2 Å². The number of ether oxygens (including phenoxy) is 3. The SMILES string of the molecule is COc1cc(Nc2ncc3c(n2)CCN(C(=O)Nc2cccc(F)c2)C3)cc(OC)c1OC. The van der Waals surface area contributed by atoms with Gasteiger partial charge in [0.2, 0.25) is 11.7 Å². The van der Waals surface area contributed by atoms with Crippen LogP contribution in [-0.2, 0) is 13.0 Å². The van der Waals surface area contributed by atoms with E-state index in [2.05, 4.69) is 20.6 Å². The molecule has 2 N–H and O–H groups in total. The van der Waals surface area contributed by atoms with E-state index in [0.717, 1.165) is 11.3 Å². The Labute approximate surface area is 190 Å². The molecule has 0 saturated carbocycles. The molecule has 1 aliphatic rings. The molecule has 33 heavy (non-hydrogen) atoms. The lowest BCUT2D eigenvalue weighted by molar-refractivity contribution is 0.206. The highest BCUT2D eigenvalue weighted by Gasteiger charge is 2.23. The van der Waals surface area contributed by atoms with Crippen LogP contribution in [0.3, 0.4) is 0 Å². The Morgan fingerprint density at radius 3 is 2.48 bits per heavy atom. The van der Waals surface area contributed by atoms with Gasteiger partial charge in [0.15, 0.2) is 11.5 Å². The minimum absolute atomic E-state index is 0.300. The molecule has 0 unspecified atom stereocenters. The molecule has 0 spiro atoms. The number of rotatable bonds is 6. The first-order chi connectivity index (χ1) is 16.0. The molecule has 2 heterocycles. The second kappa shape index (κ2) is 9.60. The predicted octanol–water partition coefficient (Wildman–Crippen LogP) is 3.98. The van der Waals surface area contributed by atoms with Gasteiger partial charge < -0.3 is 29.7 Å². The maximum atomic E-state index is 13.4. The van der Waals surface area contributed by atoms with Crippen LogP contribution in [0.2, 0.25) is 0 Å². The van der Waals surface area contributed by atoms with E-state index in [1.807, 2.05) is 0 Å². The second-order valence-electron chi connectivity index (χ2n) is 7.32. The molecule has 4 rings (SSSR count). The fourth-order valence-corrected chi connectivity index (χ4v) is 3.60. The molecule has 1 aliphatic heterocycles. The van der Waals surface area contributed by atoms with Crippen molar-refractivity contribution in [2.24, 2.45) is 0 Å². The second-order valence-corrected chi connectivity index (χ2v) is 7.32. The first-order valence-electron chi connectivity index (χ1n) is 10.2. The number of carbonyl (C=O) groups is 1. The highest BCUT2D eigenvalue weighted by molar-refractivity contribution is 5.89.